The molecule has 0 spiro atoms. The van der Waals surface area contributed by atoms with E-state index in [4.69, 9.17) is 20.9 Å². The fourth-order valence-electron chi connectivity index (χ4n) is 3.17. The second kappa shape index (κ2) is 8.18. The van der Waals surface area contributed by atoms with Crippen LogP contribution in [-0.2, 0) is 4.74 Å². The van der Waals surface area contributed by atoms with Crippen molar-refractivity contribution < 1.29 is 18.4 Å². The maximum atomic E-state index is 14.3. The molecule has 2 aromatic heterocycles. The van der Waals surface area contributed by atoms with Crippen LogP contribution < -0.4 is 10.2 Å². The molecule has 0 bridgehead atoms. The van der Waals surface area contributed by atoms with Gasteiger partial charge in [-0.2, -0.15) is 0 Å². The molecule has 1 fully saturated rings. The van der Waals surface area contributed by atoms with Crippen molar-refractivity contribution in [1.82, 2.24) is 10.1 Å². The summed E-state index contributed by atoms with van der Waals surface area (Å²) in [6.45, 7) is 4.44. The van der Waals surface area contributed by atoms with Crippen molar-refractivity contribution in [3.05, 3.63) is 58.7 Å². The van der Waals surface area contributed by atoms with Crippen LogP contribution in [0.3, 0.4) is 0 Å². The predicted molar refractivity (Wildman–Crippen MR) is 107 cm³/mol. The van der Waals surface area contributed by atoms with Crippen molar-refractivity contribution in [2.24, 2.45) is 0 Å². The lowest BCUT2D eigenvalue weighted by Crippen LogP contribution is -2.36. The maximum Gasteiger partial charge on any atom is 0.261 e. The third kappa shape index (κ3) is 3.94. The molecule has 0 saturated carbocycles. The number of ether oxygens (including phenoxy) is 1. The molecule has 1 aliphatic heterocycles. The number of pyridine rings is 1. The van der Waals surface area contributed by atoms with Crippen LogP contribution in [0.4, 0.5) is 15.9 Å². The van der Waals surface area contributed by atoms with E-state index in [1.54, 1.807) is 19.2 Å². The Hall–Kier alpha value is -2.97. The molecule has 150 valence electrons. The van der Waals surface area contributed by atoms with Gasteiger partial charge in [0.15, 0.2) is 0 Å². The summed E-state index contributed by atoms with van der Waals surface area (Å²) >= 11 is 6.12. The number of nitrogens with one attached hydrogen (secondary N) is 1. The van der Waals surface area contributed by atoms with Gasteiger partial charge in [-0.25, -0.2) is 9.37 Å². The van der Waals surface area contributed by atoms with Crippen molar-refractivity contribution in [2.45, 2.75) is 6.92 Å². The van der Waals surface area contributed by atoms with Gasteiger partial charge in [-0.3, -0.25) is 4.79 Å². The molecule has 3 aromatic rings. The van der Waals surface area contributed by atoms with Crippen LogP contribution in [0.25, 0.3) is 11.3 Å². The molecule has 0 radical (unpaired) electrons. The highest BCUT2D eigenvalue weighted by Gasteiger charge is 2.25. The average molecular weight is 417 g/mol. The number of carbonyl (C=O) groups is 1. The van der Waals surface area contributed by atoms with Crippen LogP contribution in [0.5, 0.6) is 0 Å². The fourth-order valence-corrected chi connectivity index (χ4v) is 3.42. The average Bonchev–Trinajstić information content (AvgIpc) is 3.10. The normalized spacial score (nSPS) is 14.1. The van der Waals surface area contributed by atoms with E-state index < -0.39 is 11.7 Å². The molecule has 1 amide bonds. The Morgan fingerprint density at radius 3 is 2.72 bits per heavy atom. The van der Waals surface area contributed by atoms with Crippen LogP contribution in [0.1, 0.15) is 16.1 Å². The van der Waals surface area contributed by atoms with Gasteiger partial charge in [-0.1, -0.05) is 22.8 Å². The van der Waals surface area contributed by atoms with E-state index in [1.807, 2.05) is 6.07 Å². The SMILES string of the molecule is Cc1onc(-c2c(F)cccc2Cl)c1C(=O)Nc1ccc(N2CCOCC2)nc1. The fraction of sp³-hybridized carbons (Fsp3) is 0.250. The van der Waals surface area contributed by atoms with Gasteiger partial charge in [-0.05, 0) is 31.2 Å². The smallest absolute Gasteiger partial charge is 0.261 e. The quantitative estimate of drug-likeness (QED) is 0.694. The summed E-state index contributed by atoms with van der Waals surface area (Å²) in [5.74, 6) is -0.00336. The zero-order valence-corrected chi connectivity index (χ0v) is 16.4. The molecule has 7 nitrogen and oxygen atoms in total. The zero-order valence-electron chi connectivity index (χ0n) is 15.6. The lowest BCUT2D eigenvalue weighted by atomic mass is 10.0. The first-order chi connectivity index (χ1) is 14.0. The van der Waals surface area contributed by atoms with Crippen molar-refractivity contribution in [3.63, 3.8) is 0 Å². The summed E-state index contributed by atoms with van der Waals surface area (Å²) < 4.78 is 24.8. The van der Waals surface area contributed by atoms with Crippen LogP contribution in [0.15, 0.2) is 41.1 Å². The van der Waals surface area contributed by atoms with Crippen molar-refractivity contribution in [2.75, 3.05) is 36.5 Å². The van der Waals surface area contributed by atoms with Crippen LogP contribution in [0.2, 0.25) is 5.02 Å². The third-order valence-corrected chi connectivity index (χ3v) is 4.95. The summed E-state index contributed by atoms with van der Waals surface area (Å²) in [6.07, 6.45) is 1.57. The number of carbonyl (C=O) groups excluding carboxylic acids is 1. The molecule has 0 atom stereocenters. The second-order valence-corrected chi connectivity index (χ2v) is 6.92. The molecule has 29 heavy (non-hydrogen) atoms. The molecule has 4 rings (SSSR count). The molecule has 1 aliphatic rings. The van der Waals surface area contributed by atoms with Gasteiger partial charge in [0.2, 0.25) is 0 Å². The van der Waals surface area contributed by atoms with Crippen molar-refractivity contribution in [1.29, 1.82) is 0 Å². The summed E-state index contributed by atoms with van der Waals surface area (Å²) in [5.41, 5.74) is 0.699. The number of benzene rings is 1. The van der Waals surface area contributed by atoms with Gasteiger partial charge in [-0.15, -0.1) is 0 Å². The van der Waals surface area contributed by atoms with E-state index in [1.165, 1.54) is 18.2 Å². The Morgan fingerprint density at radius 2 is 2.03 bits per heavy atom. The first-order valence-electron chi connectivity index (χ1n) is 9.05. The van der Waals surface area contributed by atoms with E-state index in [0.717, 1.165) is 18.9 Å². The number of nitrogens with zero attached hydrogens (tertiary/aromatic N) is 3. The van der Waals surface area contributed by atoms with Crippen molar-refractivity contribution in [3.8, 4) is 11.3 Å². The number of amides is 1. The molecule has 9 heteroatoms. The Kier molecular flexibility index (Phi) is 5.46. The second-order valence-electron chi connectivity index (χ2n) is 6.52. The van der Waals surface area contributed by atoms with E-state index >= 15 is 0 Å². The van der Waals surface area contributed by atoms with Gasteiger partial charge >= 0.3 is 0 Å². The molecular formula is C20H18ClFN4O3. The van der Waals surface area contributed by atoms with Crippen LogP contribution in [0, 0.1) is 12.7 Å². The van der Waals surface area contributed by atoms with E-state index in [-0.39, 0.29) is 27.6 Å². The number of hydrogen-bond donors (Lipinski definition) is 1. The van der Waals surface area contributed by atoms with Gasteiger partial charge < -0.3 is 19.5 Å². The van der Waals surface area contributed by atoms with E-state index in [2.05, 4.69) is 20.4 Å². The minimum absolute atomic E-state index is 0.0250. The Bertz CT molecular complexity index is 1010. The number of anilines is 2. The first kappa shape index (κ1) is 19.4. The summed E-state index contributed by atoms with van der Waals surface area (Å²) in [7, 11) is 0. The van der Waals surface area contributed by atoms with Crippen LogP contribution in [-0.4, -0.2) is 42.4 Å². The highest BCUT2D eigenvalue weighted by atomic mass is 35.5. The van der Waals surface area contributed by atoms with Crippen LogP contribution >= 0.6 is 11.6 Å². The van der Waals surface area contributed by atoms with Gasteiger partial charge in [0.25, 0.3) is 5.91 Å². The molecule has 3 heterocycles. The first-order valence-corrected chi connectivity index (χ1v) is 9.43. The standard InChI is InChI=1S/C20H18ClFN4O3/c1-12-17(19(25-29-12)18-14(21)3-2-4-15(18)22)20(27)24-13-5-6-16(23-11-13)26-7-9-28-10-8-26/h2-6,11H,7-10H2,1H3,(H,24,27). The number of hydrogen-bond acceptors (Lipinski definition) is 6. The summed E-state index contributed by atoms with van der Waals surface area (Å²) in [5, 5.41) is 6.75. The minimum Gasteiger partial charge on any atom is -0.378 e. The number of aryl methyl sites for hydroxylation is 1. The van der Waals surface area contributed by atoms with Gasteiger partial charge in [0, 0.05) is 13.1 Å². The topological polar surface area (TPSA) is 80.5 Å². The summed E-state index contributed by atoms with van der Waals surface area (Å²) in [6, 6.07) is 7.85. The predicted octanol–water partition coefficient (Wildman–Crippen LogP) is 3.93. The lowest BCUT2D eigenvalue weighted by molar-refractivity contribution is 0.102. The summed E-state index contributed by atoms with van der Waals surface area (Å²) in [4.78, 5) is 19.4. The molecular weight excluding hydrogens is 399 g/mol. The highest BCUT2D eigenvalue weighted by Crippen LogP contribution is 2.33. The zero-order chi connectivity index (χ0) is 20.4. The third-order valence-electron chi connectivity index (χ3n) is 4.63. The number of halogens is 2. The number of morpholine rings is 1. The number of rotatable bonds is 4. The Labute approximate surface area is 171 Å². The van der Waals surface area contributed by atoms with Gasteiger partial charge in [0.05, 0.1) is 35.7 Å². The maximum absolute atomic E-state index is 14.3. The van der Waals surface area contributed by atoms with Gasteiger partial charge in [0.1, 0.15) is 28.7 Å². The molecule has 1 saturated heterocycles. The molecule has 1 N–H and O–H groups in total. The minimum atomic E-state index is -0.587. The lowest BCUT2D eigenvalue weighted by Gasteiger charge is -2.27. The monoisotopic (exact) mass is 416 g/mol. The molecule has 0 unspecified atom stereocenters. The highest BCUT2D eigenvalue weighted by molar-refractivity contribution is 6.33. The van der Waals surface area contributed by atoms with Crippen molar-refractivity contribution >= 4 is 29.0 Å². The molecule has 0 aliphatic carbocycles. The van der Waals surface area contributed by atoms with E-state index in [9.17, 15) is 9.18 Å². The van der Waals surface area contributed by atoms with E-state index in [0.29, 0.717) is 18.9 Å². The molecule has 1 aromatic carbocycles. The number of aromatic nitrogens is 2. The Morgan fingerprint density at radius 1 is 1.24 bits per heavy atom. The Balaban J connectivity index is 1.57. The largest absolute Gasteiger partial charge is 0.378 e.